The summed E-state index contributed by atoms with van der Waals surface area (Å²) >= 11 is 0. The molecule has 0 unspecified atom stereocenters. The van der Waals surface area contributed by atoms with Crippen molar-refractivity contribution < 1.29 is 5.21 Å². The van der Waals surface area contributed by atoms with Crippen LogP contribution < -0.4 is 0 Å². The van der Waals surface area contributed by atoms with Gasteiger partial charge in [-0.1, -0.05) is 109 Å². The molecule has 6 heteroatoms. The summed E-state index contributed by atoms with van der Waals surface area (Å²) in [5.74, 6) is 0. The zero-order chi connectivity index (χ0) is 23.8. The summed E-state index contributed by atoms with van der Waals surface area (Å²) in [6.07, 6.45) is 12.6. The summed E-state index contributed by atoms with van der Waals surface area (Å²) < 4.78 is 0. The van der Waals surface area contributed by atoms with Crippen molar-refractivity contribution in [1.82, 2.24) is 10.0 Å². The number of unbranched alkanes of at least 4 members (excludes halogenated alkanes) is 1. The molecule has 0 saturated carbocycles. The third-order valence-corrected chi connectivity index (χ3v) is 5.08. The lowest BCUT2D eigenvalue weighted by Crippen LogP contribution is -2.33. The largest absolute Gasteiger partial charge is 0.411 e. The molecule has 1 aliphatic rings. The second-order valence-electron chi connectivity index (χ2n) is 7.65. The lowest BCUT2D eigenvalue weighted by atomic mass is 10.2. The van der Waals surface area contributed by atoms with Gasteiger partial charge in [0, 0.05) is 12.4 Å². The van der Waals surface area contributed by atoms with Crippen LogP contribution in [0.5, 0.6) is 0 Å². The van der Waals surface area contributed by atoms with Gasteiger partial charge < -0.3 is 5.21 Å². The average molecular weight is 454 g/mol. The van der Waals surface area contributed by atoms with Gasteiger partial charge in [0.2, 0.25) is 0 Å². The van der Waals surface area contributed by atoms with E-state index in [9.17, 15) is 0 Å². The fourth-order valence-corrected chi connectivity index (χ4v) is 3.29. The molecule has 3 aromatic rings. The second-order valence-corrected chi connectivity index (χ2v) is 7.65. The second kappa shape index (κ2) is 14.1. The van der Waals surface area contributed by atoms with Crippen molar-refractivity contribution in [3.8, 4) is 0 Å². The first kappa shape index (κ1) is 24.5. The van der Waals surface area contributed by atoms with E-state index in [4.69, 9.17) is 5.21 Å². The van der Waals surface area contributed by atoms with Gasteiger partial charge in [0.1, 0.15) is 6.17 Å². The van der Waals surface area contributed by atoms with Crippen LogP contribution in [0.25, 0.3) is 0 Å². The molecule has 0 fully saturated rings. The van der Waals surface area contributed by atoms with Crippen LogP contribution in [0.1, 0.15) is 42.9 Å². The van der Waals surface area contributed by atoms with Gasteiger partial charge in [-0.25, -0.2) is 10.0 Å². The van der Waals surface area contributed by atoms with Crippen LogP contribution in [0, 0.1) is 0 Å². The Bertz CT molecular complexity index is 1010. The van der Waals surface area contributed by atoms with E-state index in [1.807, 2.05) is 102 Å². The molecule has 174 valence electrons. The predicted octanol–water partition coefficient (Wildman–Crippen LogP) is 6.15. The van der Waals surface area contributed by atoms with Crippen molar-refractivity contribution >= 4 is 18.6 Å². The maximum atomic E-state index is 8.09. The van der Waals surface area contributed by atoms with Crippen LogP contribution in [0.3, 0.4) is 0 Å². The van der Waals surface area contributed by atoms with E-state index in [-0.39, 0.29) is 6.17 Å². The Labute approximate surface area is 201 Å². The van der Waals surface area contributed by atoms with Crippen molar-refractivity contribution in [2.45, 2.75) is 32.4 Å². The molecule has 0 saturated heterocycles. The summed E-state index contributed by atoms with van der Waals surface area (Å²) in [6.45, 7) is 2.21. The third-order valence-electron chi connectivity index (χ3n) is 5.08. The van der Waals surface area contributed by atoms with E-state index in [1.54, 1.807) is 0 Å². The zero-order valence-electron chi connectivity index (χ0n) is 19.4. The molecule has 34 heavy (non-hydrogen) atoms. The van der Waals surface area contributed by atoms with Gasteiger partial charge in [-0.15, -0.1) is 0 Å². The smallest absolute Gasteiger partial charge is 0.143 e. The minimum Gasteiger partial charge on any atom is -0.411 e. The highest BCUT2D eigenvalue weighted by molar-refractivity contribution is 5.80. The number of hydrogen-bond acceptors (Lipinski definition) is 6. The van der Waals surface area contributed by atoms with E-state index >= 15 is 0 Å². The molecular formula is C28H31N5O. The van der Waals surface area contributed by atoms with Crippen molar-refractivity contribution in [2.24, 2.45) is 15.4 Å². The zero-order valence-corrected chi connectivity index (χ0v) is 19.4. The van der Waals surface area contributed by atoms with E-state index in [0.717, 1.165) is 36.0 Å². The van der Waals surface area contributed by atoms with E-state index in [0.29, 0.717) is 0 Å². The van der Waals surface area contributed by atoms with Crippen molar-refractivity contribution in [1.29, 1.82) is 0 Å². The van der Waals surface area contributed by atoms with Gasteiger partial charge >= 0.3 is 0 Å². The van der Waals surface area contributed by atoms with E-state index < -0.39 is 0 Å². The lowest BCUT2D eigenvalue weighted by Gasteiger charge is -2.26. The summed E-state index contributed by atoms with van der Waals surface area (Å²) in [5.41, 5.74) is 3.09. The maximum Gasteiger partial charge on any atom is 0.143 e. The lowest BCUT2D eigenvalue weighted by molar-refractivity contribution is 0.149. The Kier molecular flexibility index (Phi) is 10.1. The van der Waals surface area contributed by atoms with Crippen LogP contribution in [-0.2, 0) is 0 Å². The molecule has 0 spiro atoms. The number of hydrazone groups is 2. The number of benzene rings is 3. The summed E-state index contributed by atoms with van der Waals surface area (Å²) in [4.78, 5) is 0. The van der Waals surface area contributed by atoms with Crippen LogP contribution in [0.2, 0.25) is 0 Å². The number of hydrogen-bond donors (Lipinski definition) is 1. The Balaban J connectivity index is 0.000000302. The fourth-order valence-electron chi connectivity index (χ4n) is 3.29. The molecule has 1 N–H and O–H groups in total. The first-order valence-corrected chi connectivity index (χ1v) is 11.5. The van der Waals surface area contributed by atoms with Gasteiger partial charge in [-0.05, 0) is 29.5 Å². The Morgan fingerprint density at radius 2 is 1.09 bits per heavy atom. The van der Waals surface area contributed by atoms with Gasteiger partial charge in [-0.3, -0.25) is 0 Å². The maximum absolute atomic E-state index is 8.09. The molecule has 6 nitrogen and oxygen atoms in total. The van der Waals surface area contributed by atoms with E-state index in [1.165, 1.54) is 6.21 Å². The highest BCUT2D eigenvalue weighted by Crippen LogP contribution is 2.21. The highest BCUT2D eigenvalue weighted by atomic mass is 16.4. The molecule has 0 aliphatic carbocycles. The molecule has 4 rings (SSSR count). The van der Waals surface area contributed by atoms with Crippen LogP contribution >= 0.6 is 0 Å². The van der Waals surface area contributed by atoms with Gasteiger partial charge in [0.05, 0.1) is 18.6 Å². The number of oxime groups is 1. The average Bonchev–Trinajstić information content (AvgIpc) is 3.29. The van der Waals surface area contributed by atoms with Crippen molar-refractivity contribution in [3.05, 3.63) is 120 Å². The van der Waals surface area contributed by atoms with Crippen LogP contribution in [0.4, 0.5) is 0 Å². The first-order valence-electron chi connectivity index (χ1n) is 11.5. The topological polar surface area (TPSA) is 63.8 Å². The molecule has 0 atom stereocenters. The highest BCUT2D eigenvalue weighted by Gasteiger charge is 2.25. The molecule has 0 aromatic heterocycles. The normalized spacial score (nSPS) is 15.4. The number of rotatable bonds is 8. The first-order chi connectivity index (χ1) is 16.8. The SMILES string of the molecule is CCCCC1N(N=Cc2ccccc2)C=CN1N=Cc1ccccc1.ON=Cc1ccccc1. The number of nitrogens with zero attached hydrogens (tertiary/aromatic N) is 5. The molecule has 0 radical (unpaired) electrons. The quantitative estimate of drug-likeness (QED) is 0.253. The van der Waals surface area contributed by atoms with E-state index in [2.05, 4.69) is 46.5 Å². The molecule has 0 bridgehead atoms. The molecule has 3 aromatic carbocycles. The van der Waals surface area contributed by atoms with Gasteiger partial charge in [-0.2, -0.15) is 10.2 Å². The fraction of sp³-hybridized carbons (Fsp3) is 0.179. The van der Waals surface area contributed by atoms with Gasteiger partial charge in [0.15, 0.2) is 0 Å². The summed E-state index contributed by atoms with van der Waals surface area (Å²) in [6, 6.07) is 29.7. The molecular weight excluding hydrogens is 422 g/mol. The Morgan fingerprint density at radius 3 is 1.47 bits per heavy atom. The summed E-state index contributed by atoms with van der Waals surface area (Å²) in [7, 11) is 0. The monoisotopic (exact) mass is 453 g/mol. The minimum atomic E-state index is 0.125. The van der Waals surface area contributed by atoms with Gasteiger partial charge in [0.25, 0.3) is 0 Å². The predicted molar refractivity (Wildman–Crippen MR) is 140 cm³/mol. The van der Waals surface area contributed by atoms with Crippen molar-refractivity contribution in [2.75, 3.05) is 0 Å². The molecule has 0 amide bonds. The Hall–Kier alpha value is -4.19. The Morgan fingerprint density at radius 1 is 0.676 bits per heavy atom. The minimum absolute atomic E-state index is 0.125. The molecule has 1 heterocycles. The third kappa shape index (κ3) is 8.06. The van der Waals surface area contributed by atoms with Crippen LogP contribution in [-0.4, -0.2) is 40.0 Å². The summed E-state index contributed by atoms with van der Waals surface area (Å²) in [5, 5.41) is 24.2. The molecule has 1 aliphatic heterocycles. The van der Waals surface area contributed by atoms with Crippen LogP contribution in [0.15, 0.2) is 119 Å². The standard InChI is InChI=1S/C21H24N4.C7H7NO/c1-2-3-14-21-24(22-17-19-10-6-4-7-11-19)15-16-25(21)23-18-20-12-8-5-9-13-20;9-8-6-7-4-2-1-3-5-7/h4-13,15-18,21H,2-3,14H2,1H3;1-6,9H. The van der Waals surface area contributed by atoms with Crippen molar-refractivity contribution in [3.63, 3.8) is 0 Å².